The lowest BCUT2D eigenvalue weighted by atomic mass is 10.2. The zero-order valence-electron chi connectivity index (χ0n) is 8.30. The van der Waals surface area contributed by atoms with Gasteiger partial charge in [0.2, 0.25) is 0 Å². The van der Waals surface area contributed by atoms with Crippen molar-refractivity contribution in [1.82, 2.24) is 0 Å². The normalized spacial score (nSPS) is 10.9. The second-order valence-electron chi connectivity index (χ2n) is 3.10. The van der Waals surface area contributed by atoms with Crippen LogP contribution in [0.5, 0.6) is 0 Å². The third-order valence-corrected chi connectivity index (χ3v) is 3.14. The summed E-state index contributed by atoms with van der Waals surface area (Å²) < 4.78 is 27.3. The van der Waals surface area contributed by atoms with E-state index in [9.17, 15) is 8.42 Å². The molecule has 0 amide bonds. The Morgan fingerprint density at radius 2 is 1.93 bits per heavy atom. The zero-order chi connectivity index (χ0) is 11.3. The van der Waals surface area contributed by atoms with Gasteiger partial charge in [-0.05, 0) is 17.7 Å². The molecule has 0 N–H and O–H groups in total. The predicted octanol–water partition coefficient (Wildman–Crippen LogP) is 1.08. The van der Waals surface area contributed by atoms with Crippen LogP contribution >= 0.6 is 0 Å². The highest BCUT2D eigenvalue weighted by Crippen LogP contribution is 2.08. The van der Waals surface area contributed by atoms with E-state index >= 15 is 0 Å². The monoisotopic (exact) mass is 225 g/mol. The summed E-state index contributed by atoms with van der Waals surface area (Å²) in [4.78, 5) is 0. The molecule has 0 spiro atoms. The van der Waals surface area contributed by atoms with Gasteiger partial charge in [-0.1, -0.05) is 12.1 Å². The van der Waals surface area contributed by atoms with Crippen LogP contribution in [0.1, 0.15) is 11.1 Å². The molecule has 0 aromatic heterocycles. The van der Waals surface area contributed by atoms with Crippen molar-refractivity contribution in [2.24, 2.45) is 0 Å². The van der Waals surface area contributed by atoms with Gasteiger partial charge in [0.1, 0.15) is 5.94 Å². The minimum atomic E-state index is -3.21. The minimum Gasteiger partial charge on any atom is -0.369 e. The summed E-state index contributed by atoms with van der Waals surface area (Å²) in [6.07, 6.45) is 0. The van der Waals surface area contributed by atoms with Crippen molar-refractivity contribution in [2.45, 2.75) is 5.75 Å². The summed E-state index contributed by atoms with van der Waals surface area (Å²) in [6, 6.07) is 8.42. The molecule has 0 aliphatic rings. The summed E-state index contributed by atoms with van der Waals surface area (Å²) in [5, 5.41) is 8.56. The molecule has 0 saturated heterocycles. The fraction of sp³-hybridized carbons (Fsp3) is 0.300. The van der Waals surface area contributed by atoms with Gasteiger partial charge in [0.05, 0.1) is 17.4 Å². The van der Waals surface area contributed by atoms with Crippen molar-refractivity contribution in [3.05, 3.63) is 35.4 Å². The number of rotatable bonds is 4. The van der Waals surface area contributed by atoms with E-state index < -0.39 is 9.84 Å². The second-order valence-corrected chi connectivity index (χ2v) is 5.11. The van der Waals surface area contributed by atoms with Crippen LogP contribution in [0.4, 0.5) is 0 Å². The van der Waals surface area contributed by atoms with Crippen molar-refractivity contribution in [3.8, 4) is 6.07 Å². The fourth-order valence-electron chi connectivity index (χ4n) is 1.15. The number of nitriles is 1. The highest BCUT2D eigenvalue weighted by molar-refractivity contribution is 7.90. The first kappa shape index (κ1) is 11.7. The van der Waals surface area contributed by atoms with Crippen LogP contribution in [0, 0.1) is 11.3 Å². The van der Waals surface area contributed by atoms with Crippen LogP contribution < -0.4 is 0 Å². The molecule has 0 atom stereocenters. The SMILES string of the molecule is COCS(=O)(=O)Cc1ccc(C#N)cc1. The lowest BCUT2D eigenvalue weighted by Crippen LogP contribution is -2.10. The van der Waals surface area contributed by atoms with Crippen molar-refractivity contribution in [3.63, 3.8) is 0 Å². The molecule has 4 nitrogen and oxygen atoms in total. The molecule has 15 heavy (non-hydrogen) atoms. The first-order valence-electron chi connectivity index (χ1n) is 4.26. The van der Waals surface area contributed by atoms with Crippen molar-refractivity contribution >= 4 is 9.84 Å². The Bertz CT molecular complexity index is 456. The average Bonchev–Trinajstić information content (AvgIpc) is 2.18. The lowest BCUT2D eigenvalue weighted by molar-refractivity contribution is 0.249. The Hall–Kier alpha value is -1.38. The van der Waals surface area contributed by atoms with Crippen LogP contribution in [0.3, 0.4) is 0 Å². The van der Waals surface area contributed by atoms with Crippen LogP contribution in [0.15, 0.2) is 24.3 Å². The molecule has 0 heterocycles. The van der Waals surface area contributed by atoms with Gasteiger partial charge < -0.3 is 4.74 Å². The van der Waals surface area contributed by atoms with Crippen molar-refractivity contribution in [1.29, 1.82) is 5.26 Å². The Morgan fingerprint density at radius 1 is 1.33 bits per heavy atom. The molecule has 0 bridgehead atoms. The van der Waals surface area contributed by atoms with Crippen LogP contribution in [-0.4, -0.2) is 21.5 Å². The maximum Gasteiger partial charge on any atom is 0.178 e. The topological polar surface area (TPSA) is 67.2 Å². The number of hydrogen-bond acceptors (Lipinski definition) is 4. The van der Waals surface area contributed by atoms with Crippen molar-refractivity contribution < 1.29 is 13.2 Å². The molecule has 0 aliphatic heterocycles. The van der Waals surface area contributed by atoms with Crippen LogP contribution in [0.25, 0.3) is 0 Å². The number of ether oxygens (including phenoxy) is 1. The molecular weight excluding hydrogens is 214 g/mol. The van der Waals surface area contributed by atoms with E-state index in [1.54, 1.807) is 24.3 Å². The smallest absolute Gasteiger partial charge is 0.178 e. The van der Waals surface area contributed by atoms with E-state index in [0.717, 1.165) is 0 Å². The number of hydrogen-bond donors (Lipinski definition) is 0. The molecule has 0 radical (unpaired) electrons. The Labute approximate surface area is 89.0 Å². The quantitative estimate of drug-likeness (QED) is 0.769. The van der Waals surface area contributed by atoms with Gasteiger partial charge in [-0.3, -0.25) is 0 Å². The van der Waals surface area contributed by atoms with E-state index in [-0.39, 0.29) is 11.7 Å². The van der Waals surface area contributed by atoms with Gasteiger partial charge in [0, 0.05) is 7.11 Å². The number of sulfone groups is 1. The van der Waals surface area contributed by atoms with E-state index in [1.807, 2.05) is 6.07 Å². The third-order valence-electron chi connectivity index (χ3n) is 1.77. The standard InChI is InChI=1S/C10H11NO3S/c1-14-8-15(12,13)7-10-4-2-9(6-11)3-5-10/h2-5H,7-8H2,1H3. The average molecular weight is 225 g/mol. The molecule has 0 unspecified atom stereocenters. The summed E-state index contributed by atoms with van der Waals surface area (Å²) in [6.45, 7) is 0. The lowest BCUT2D eigenvalue weighted by Gasteiger charge is -2.02. The summed E-state index contributed by atoms with van der Waals surface area (Å²) in [5.74, 6) is -0.348. The van der Waals surface area contributed by atoms with Gasteiger partial charge in [-0.25, -0.2) is 8.42 Å². The minimum absolute atomic E-state index is 0.0629. The Kier molecular flexibility index (Phi) is 3.83. The van der Waals surface area contributed by atoms with E-state index in [4.69, 9.17) is 5.26 Å². The fourth-order valence-corrected chi connectivity index (χ4v) is 2.29. The highest BCUT2D eigenvalue weighted by Gasteiger charge is 2.10. The summed E-state index contributed by atoms with van der Waals surface area (Å²) in [7, 11) is -1.87. The largest absolute Gasteiger partial charge is 0.369 e. The first-order chi connectivity index (χ1) is 7.07. The second kappa shape index (κ2) is 4.91. The number of benzene rings is 1. The maximum atomic E-state index is 11.4. The molecule has 1 rings (SSSR count). The Balaban J connectivity index is 2.78. The molecule has 0 saturated carbocycles. The van der Waals surface area contributed by atoms with Gasteiger partial charge in [-0.2, -0.15) is 5.26 Å². The van der Waals surface area contributed by atoms with Gasteiger partial charge in [0.25, 0.3) is 0 Å². The van der Waals surface area contributed by atoms with Crippen LogP contribution in [0.2, 0.25) is 0 Å². The Morgan fingerprint density at radius 3 is 2.40 bits per heavy atom. The number of methoxy groups -OCH3 is 1. The molecule has 1 aromatic carbocycles. The van der Waals surface area contributed by atoms with Gasteiger partial charge in [0.15, 0.2) is 9.84 Å². The van der Waals surface area contributed by atoms with Crippen molar-refractivity contribution in [2.75, 3.05) is 13.0 Å². The van der Waals surface area contributed by atoms with E-state index in [1.165, 1.54) is 7.11 Å². The third kappa shape index (κ3) is 3.70. The molecule has 0 aliphatic carbocycles. The maximum absolute atomic E-state index is 11.4. The number of nitrogens with zero attached hydrogens (tertiary/aromatic N) is 1. The van der Waals surface area contributed by atoms with Gasteiger partial charge in [-0.15, -0.1) is 0 Å². The highest BCUT2D eigenvalue weighted by atomic mass is 32.2. The first-order valence-corrected chi connectivity index (χ1v) is 6.08. The molecule has 80 valence electrons. The van der Waals surface area contributed by atoms with E-state index in [0.29, 0.717) is 11.1 Å². The molecule has 5 heteroatoms. The zero-order valence-corrected chi connectivity index (χ0v) is 9.12. The molecule has 1 aromatic rings. The molecule has 0 fully saturated rings. The molecular formula is C10H11NO3S. The van der Waals surface area contributed by atoms with Crippen LogP contribution in [-0.2, 0) is 20.3 Å². The summed E-state index contributed by atoms with van der Waals surface area (Å²) >= 11 is 0. The van der Waals surface area contributed by atoms with E-state index in [2.05, 4.69) is 4.74 Å². The summed E-state index contributed by atoms with van der Waals surface area (Å²) in [5.41, 5.74) is 1.17. The van der Waals surface area contributed by atoms with Gasteiger partial charge >= 0.3 is 0 Å². The predicted molar refractivity (Wildman–Crippen MR) is 55.7 cm³/mol.